The lowest BCUT2D eigenvalue weighted by molar-refractivity contribution is 0.0212. The van der Waals surface area contributed by atoms with Crippen molar-refractivity contribution in [2.24, 2.45) is 4.99 Å². The first-order chi connectivity index (χ1) is 11.7. The van der Waals surface area contributed by atoms with Crippen molar-refractivity contribution >= 4 is 18.0 Å². The van der Waals surface area contributed by atoms with E-state index >= 15 is 0 Å². The fourth-order valence-corrected chi connectivity index (χ4v) is 3.07. The third-order valence-electron chi connectivity index (χ3n) is 4.31. The first kappa shape index (κ1) is 19.2. The summed E-state index contributed by atoms with van der Waals surface area (Å²) in [6.07, 6.45) is 2.87. The van der Waals surface area contributed by atoms with E-state index in [1.54, 1.807) is 4.90 Å². The van der Waals surface area contributed by atoms with E-state index in [1.807, 2.05) is 58.9 Å². The van der Waals surface area contributed by atoms with Gasteiger partial charge in [-0.05, 0) is 47.5 Å². The van der Waals surface area contributed by atoms with E-state index in [0.717, 1.165) is 18.4 Å². The third kappa shape index (κ3) is 5.15. The first-order valence-electron chi connectivity index (χ1n) is 8.86. The molecule has 0 aliphatic carbocycles. The Morgan fingerprint density at radius 3 is 2.56 bits per heavy atom. The van der Waals surface area contributed by atoms with E-state index in [1.165, 1.54) is 11.8 Å². The zero-order valence-corrected chi connectivity index (χ0v) is 15.9. The Morgan fingerprint density at radius 2 is 2.00 bits per heavy atom. The number of amides is 1. The summed E-state index contributed by atoms with van der Waals surface area (Å²) in [5.74, 6) is 0. The highest BCUT2D eigenvalue weighted by molar-refractivity contribution is 6.37. The second-order valence-electron chi connectivity index (χ2n) is 7.65. The first-order valence-corrected chi connectivity index (χ1v) is 8.86. The molecule has 5 nitrogen and oxygen atoms in total. The van der Waals surface area contributed by atoms with E-state index in [9.17, 15) is 4.79 Å². The molecule has 136 valence electrons. The van der Waals surface area contributed by atoms with Gasteiger partial charge in [-0.15, -0.1) is 0 Å². The number of nitrogens with one attached hydrogen (secondary N) is 1. The maximum Gasteiger partial charge on any atom is 0.410 e. The van der Waals surface area contributed by atoms with Crippen LogP contribution in [0.3, 0.4) is 0 Å². The Labute approximate surface area is 150 Å². The lowest BCUT2D eigenvalue weighted by Crippen LogP contribution is -2.44. The van der Waals surface area contributed by atoms with Crippen LogP contribution in [-0.2, 0) is 4.74 Å². The molecule has 1 amide bonds. The minimum atomic E-state index is -0.501. The maximum atomic E-state index is 12.4. The Morgan fingerprint density at radius 1 is 1.36 bits per heavy atom. The van der Waals surface area contributed by atoms with Crippen molar-refractivity contribution in [2.45, 2.75) is 65.1 Å². The molecule has 25 heavy (non-hydrogen) atoms. The minimum Gasteiger partial charge on any atom is -0.444 e. The fourth-order valence-electron chi connectivity index (χ4n) is 3.07. The summed E-state index contributed by atoms with van der Waals surface area (Å²) < 4.78 is 5.52. The number of aliphatic imine (C=N–C) groups is 1. The normalized spacial score (nSPS) is 19.6. The number of aryl methyl sites for hydroxylation is 1. The lowest BCUT2D eigenvalue weighted by Gasteiger charge is -2.30. The summed E-state index contributed by atoms with van der Waals surface area (Å²) in [6.45, 7) is 10.4. The molecule has 1 aromatic rings. The summed E-state index contributed by atoms with van der Waals surface area (Å²) in [4.78, 5) is 19.0. The van der Waals surface area contributed by atoms with Crippen LogP contribution < -0.4 is 0 Å². The van der Waals surface area contributed by atoms with Crippen molar-refractivity contribution in [1.29, 1.82) is 5.41 Å². The van der Waals surface area contributed by atoms with Gasteiger partial charge in [-0.25, -0.2) is 4.79 Å². The molecule has 1 aromatic carbocycles. The molecule has 0 bridgehead atoms. The van der Waals surface area contributed by atoms with Crippen molar-refractivity contribution in [3.63, 3.8) is 0 Å². The number of rotatable bonds is 4. The molecule has 1 N–H and O–H groups in total. The Bertz CT molecular complexity index is 644. The standard InChI is InChI=1S/C20H29N3O2/c1-14-8-10-16(11-9-14)17(13-21)22-15(2)18-7-6-12-23(18)19(24)25-20(3,4)5/h8-11,13,15,18,21H,6-7,12H2,1-5H3. The number of benzene rings is 1. The van der Waals surface area contributed by atoms with Crippen LogP contribution in [0.1, 0.15) is 51.7 Å². The molecule has 0 spiro atoms. The van der Waals surface area contributed by atoms with Gasteiger partial charge in [-0.3, -0.25) is 4.99 Å². The molecule has 0 radical (unpaired) electrons. The number of likely N-dealkylation sites (tertiary alicyclic amines) is 1. The van der Waals surface area contributed by atoms with Crippen LogP contribution in [0.2, 0.25) is 0 Å². The van der Waals surface area contributed by atoms with Gasteiger partial charge in [-0.1, -0.05) is 29.8 Å². The Hall–Kier alpha value is -2.17. The van der Waals surface area contributed by atoms with Crippen molar-refractivity contribution in [3.05, 3.63) is 35.4 Å². The summed E-state index contributed by atoms with van der Waals surface area (Å²) in [6, 6.07) is 7.91. The minimum absolute atomic E-state index is 0.00949. The van der Waals surface area contributed by atoms with Gasteiger partial charge in [0.15, 0.2) is 0 Å². The maximum absolute atomic E-state index is 12.4. The van der Waals surface area contributed by atoms with Gasteiger partial charge in [0.2, 0.25) is 0 Å². The number of ether oxygens (including phenoxy) is 1. The predicted molar refractivity (Wildman–Crippen MR) is 102 cm³/mol. The Kier molecular flexibility index (Phi) is 5.98. The SMILES string of the molecule is Cc1ccc(C(C=N)=NC(C)C2CCCN2C(=O)OC(C)(C)C)cc1. The van der Waals surface area contributed by atoms with Gasteiger partial charge in [0.25, 0.3) is 0 Å². The van der Waals surface area contributed by atoms with E-state index in [0.29, 0.717) is 12.3 Å². The van der Waals surface area contributed by atoms with Gasteiger partial charge in [-0.2, -0.15) is 0 Å². The summed E-state index contributed by atoms with van der Waals surface area (Å²) in [5.41, 5.74) is 2.24. The number of hydrogen-bond acceptors (Lipinski definition) is 4. The third-order valence-corrected chi connectivity index (χ3v) is 4.31. The second-order valence-corrected chi connectivity index (χ2v) is 7.65. The van der Waals surface area contributed by atoms with Gasteiger partial charge in [0, 0.05) is 18.3 Å². The van der Waals surface area contributed by atoms with Crippen LogP contribution >= 0.6 is 0 Å². The van der Waals surface area contributed by atoms with E-state index in [-0.39, 0.29) is 18.2 Å². The number of carbonyl (C=O) groups excluding carboxylic acids is 1. The van der Waals surface area contributed by atoms with Crippen molar-refractivity contribution < 1.29 is 9.53 Å². The number of carbonyl (C=O) groups is 1. The van der Waals surface area contributed by atoms with Crippen LogP contribution in [-0.4, -0.2) is 47.1 Å². The van der Waals surface area contributed by atoms with Crippen molar-refractivity contribution in [3.8, 4) is 0 Å². The molecule has 2 unspecified atom stereocenters. The molecule has 1 heterocycles. The van der Waals surface area contributed by atoms with Crippen molar-refractivity contribution in [1.82, 2.24) is 4.90 Å². The second kappa shape index (κ2) is 7.81. The molecule has 0 saturated carbocycles. The number of hydrogen-bond donors (Lipinski definition) is 1. The lowest BCUT2D eigenvalue weighted by atomic mass is 10.1. The highest BCUT2D eigenvalue weighted by Crippen LogP contribution is 2.25. The molecule has 1 saturated heterocycles. The van der Waals surface area contributed by atoms with Crippen LogP contribution in [0.15, 0.2) is 29.3 Å². The molecular formula is C20H29N3O2. The molecule has 1 aliphatic rings. The van der Waals surface area contributed by atoms with Gasteiger partial charge >= 0.3 is 6.09 Å². The summed E-state index contributed by atoms with van der Waals surface area (Å²) in [5, 5.41) is 7.71. The molecule has 5 heteroatoms. The van der Waals surface area contributed by atoms with Crippen molar-refractivity contribution in [2.75, 3.05) is 6.54 Å². The molecular weight excluding hydrogens is 314 g/mol. The molecule has 1 aliphatic heterocycles. The summed E-state index contributed by atoms with van der Waals surface area (Å²) >= 11 is 0. The predicted octanol–water partition coefficient (Wildman–Crippen LogP) is 4.22. The topological polar surface area (TPSA) is 65.8 Å². The van der Waals surface area contributed by atoms with Gasteiger partial charge in [0.05, 0.1) is 17.8 Å². The molecule has 0 aromatic heterocycles. The average molecular weight is 343 g/mol. The van der Waals surface area contributed by atoms with Crippen LogP contribution in [0.5, 0.6) is 0 Å². The largest absolute Gasteiger partial charge is 0.444 e. The highest BCUT2D eigenvalue weighted by atomic mass is 16.6. The Balaban J connectivity index is 2.16. The molecule has 1 fully saturated rings. The van der Waals surface area contributed by atoms with Crippen LogP contribution in [0, 0.1) is 12.3 Å². The van der Waals surface area contributed by atoms with Gasteiger partial charge in [0.1, 0.15) is 5.60 Å². The quantitative estimate of drug-likeness (QED) is 0.832. The van der Waals surface area contributed by atoms with Gasteiger partial charge < -0.3 is 15.0 Å². The summed E-state index contributed by atoms with van der Waals surface area (Å²) in [7, 11) is 0. The number of nitrogens with zero attached hydrogens (tertiary/aromatic N) is 2. The monoisotopic (exact) mass is 343 g/mol. The van der Waals surface area contributed by atoms with Crippen LogP contribution in [0.4, 0.5) is 4.79 Å². The zero-order valence-electron chi connectivity index (χ0n) is 15.9. The zero-order chi connectivity index (χ0) is 18.6. The van der Waals surface area contributed by atoms with Crippen LogP contribution in [0.25, 0.3) is 0 Å². The average Bonchev–Trinajstić information content (AvgIpc) is 3.01. The molecule has 2 atom stereocenters. The molecule has 2 rings (SSSR count). The van der Waals surface area contributed by atoms with E-state index in [4.69, 9.17) is 15.1 Å². The van der Waals surface area contributed by atoms with E-state index < -0.39 is 5.60 Å². The fraction of sp³-hybridized carbons (Fsp3) is 0.550. The van der Waals surface area contributed by atoms with E-state index in [2.05, 4.69) is 0 Å². The smallest absolute Gasteiger partial charge is 0.410 e. The highest BCUT2D eigenvalue weighted by Gasteiger charge is 2.35.